The first-order valence-electron chi connectivity index (χ1n) is 8.09. The summed E-state index contributed by atoms with van der Waals surface area (Å²) >= 11 is 0. The smallest absolute Gasteiger partial charge is 0.255 e. The van der Waals surface area contributed by atoms with Gasteiger partial charge < -0.3 is 19.9 Å². The topological polar surface area (TPSA) is 61.9 Å². The lowest BCUT2D eigenvalue weighted by molar-refractivity contribution is -0.116. The molecule has 0 aromatic heterocycles. The molecule has 1 aliphatic heterocycles. The monoisotopic (exact) mass is 339 g/mol. The molecule has 6 nitrogen and oxygen atoms in total. The Morgan fingerprint density at radius 2 is 1.84 bits per heavy atom. The summed E-state index contributed by atoms with van der Waals surface area (Å²) in [6.07, 6.45) is 0. The highest BCUT2D eigenvalue weighted by Crippen LogP contribution is 2.34. The number of hydrogen-bond donors (Lipinski definition) is 1. The van der Waals surface area contributed by atoms with Crippen LogP contribution in [0.1, 0.15) is 17.3 Å². The Hall–Kier alpha value is -3.02. The van der Waals surface area contributed by atoms with Gasteiger partial charge in [-0.2, -0.15) is 0 Å². The number of nitrogens with one attached hydrogen (secondary N) is 1. The summed E-state index contributed by atoms with van der Waals surface area (Å²) in [6.45, 7) is 2.50. The van der Waals surface area contributed by atoms with Crippen LogP contribution in [0.4, 0.5) is 17.1 Å². The predicted octanol–water partition coefficient (Wildman–Crippen LogP) is 2.75. The largest absolute Gasteiger partial charge is 0.489 e. The molecule has 0 aliphatic carbocycles. The zero-order valence-corrected chi connectivity index (χ0v) is 14.6. The minimum absolute atomic E-state index is 0.0256. The third-order valence-electron chi connectivity index (χ3n) is 4.11. The molecule has 0 saturated heterocycles. The van der Waals surface area contributed by atoms with Crippen molar-refractivity contribution >= 4 is 28.9 Å². The lowest BCUT2D eigenvalue weighted by Crippen LogP contribution is -2.36. The number of carbonyl (C=O) groups is 2. The molecule has 0 fully saturated rings. The number of hydrogen-bond acceptors (Lipinski definition) is 4. The molecule has 1 N–H and O–H groups in total. The fourth-order valence-electron chi connectivity index (χ4n) is 2.74. The lowest BCUT2D eigenvalue weighted by atomic mass is 10.1. The average Bonchev–Trinajstić information content (AvgIpc) is 2.61. The Labute approximate surface area is 147 Å². The number of amides is 2. The van der Waals surface area contributed by atoms with Crippen LogP contribution in [0.3, 0.4) is 0 Å². The first-order chi connectivity index (χ1) is 12.0. The van der Waals surface area contributed by atoms with E-state index in [4.69, 9.17) is 4.74 Å². The van der Waals surface area contributed by atoms with E-state index in [1.807, 2.05) is 31.1 Å². The molecule has 0 bridgehead atoms. The summed E-state index contributed by atoms with van der Waals surface area (Å²) in [4.78, 5) is 27.7. The zero-order valence-electron chi connectivity index (χ0n) is 14.6. The van der Waals surface area contributed by atoms with E-state index in [0.29, 0.717) is 30.2 Å². The molecule has 0 unspecified atom stereocenters. The molecule has 0 saturated carbocycles. The number of benzene rings is 2. The quantitative estimate of drug-likeness (QED) is 0.934. The van der Waals surface area contributed by atoms with Gasteiger partial charge in [-0.3, -0.25) is 9.59 Å². The Kier molecular flexibility index (Phi) is 4.61. The second-order valence-electron chi connectivity index (χ2n) is 6.10. The SMILES string of the molecule is CC(=O)N1CCOc2cc(NC(=O)c3ccc(N(C)C)cc3)ccc21. The standard InChI is InChI=1S/C19H21N3O3/c1-13(23)22-10-11-25-18-12-15(6-9-17(18)22)20-19(24)14-4-7-16(8-5-14)21(2)3/h4-9,12H,10-11H2,1-3H3,(H,20,24). The van der Waals surface area contributed by atoms with Crippen molar-refractivity contribution in [3.05, 3.63) is 48.0 Å². The number of carbonyl (C=O) groups excluding carboxylic acids is 2. The third kappa shape index (κ3) is 3.57. The average molecular weight is 339 g/mol. The molecule has 0 spiro atoms. The second-order valence-corrected chi connectivity index (χ2v) is 6.10. The van der Waals surface area contributed by atoms with Gasteiger partial charge in [-0.05, 0) is 36.4 Å². The van der Waals surface area contributed by atoms with E-state index in [2.05, 4.69) is 5.32 Å². The highest BCUT2D eigenvalue weighted by Gasteiger charge is 2.21. The Bertz CT molecular complexity index is 800. The van der Waals surface area contributed by atoms with Gasteiger partial charge in [-0.25, -0.2) is 0 Å². The van der Waals surface area contributed by atoms with Gasteiger partial charge in [0.2, 0.25) is 5.91 Å². The van der Waals surface area contributed by atoms with Crippen LogP contribution in [0.2, 0.25) is 0 Å². The lowest BCUT2D eigenvalue weighted by Gasteiger charge is -2.29. The Balaban J connectivity index is 1.77. The van der Waals surface area contributed by atoms with Crippen LogP contribution in [-0.2, 0) is 4.79 Å². The number of fused-ring (bicyclic) bond motifs is 1. The number of nitrogens with zero attached hydrogens (tertiary/aromatic N) is 2. The summed E-state index contributed by atoms with van der Waals surface area (Å²) in [7, 11) is 3.90. The Morgan fingerprint density at radius 1 is 1.12 bits per heavy atom. The normalized spacial score (nSPS) is 12.8. The molecule has 1 aliphatic rings. The fraction of sp³-hybridized carbons (Fsp3) is 0.263. The van der Waals surface area contributed by atoms with Gasteiger partial charge in [0.1, 0.15) is 12.4 Å². The summed E-state index contributed by atoms with van der Waals surface area (Å²) in [5, 5.41) is 2.87. The molecule has 6 heteroatoms. The summed E-state index contributed by atoms with van der Waals surface area (Å²) in [5.41, 5.74) is 2.97. The van der Waals surface area contributed by atoms with Crippen LogP contribution >= 0.6 is 0 Å². The highest BCUT2D eigenvalue weighted by molar-refractivity contribution is 6.05. The van der Waals surface area contributed by atoms with Gasteiger partial charge in [-0.1, -0.05) is 0 Å². The van der Waals surface area contributed by atoms with Crippen LogP contribution in [0.15, 0.2) is 42.5 Å². The fourth-order valence-corrected chi connectivity index (χ4v) is 2.74. The van der Waals surface area contributed by atoms with Gasteiger partial charge in [0.05, 0.1) is 12.2 Å². The van der Waals surface area contributed by atoms with Gasteiger partial charge in [0.25, 0.3) is 5.91 Å². The van der Waals surface area contributed by atoms with Crippen molar-refractivity contribution in [2.75, 3.05) is 42.4 Å². The van der Waals surface area contributed by atoms with E-state index >= 15 is 0 Å². The Morgan fingerprint density at radius 3 is 2.48 bits per heavy atom. The van der Waals surface area contributed by atoms with Gasteiger partial charge in [-0.15, -0.1) is 0 Å². The van der Waals surface area contributed by atoms with Crippen LogP contribution in [0.25, 0.3) is 0 Å². The number of anilines is 3. The maximum absolute atomic E-state index is 12.4. The van der Waals surface area contributed by atoms with Crippen LogP contribution in [0.5, 0.6) is 5.75 Å². The summed E-state index contributed by atoms with van der Waals surface area (Å²) in [5.74, 6) is 0.383. The van der Waals surface area contributed by atoms with Crippen molar-refractivity contribution in [3.63, 3.8) is 0 Å². The van der Waals surface area contributed by atoms with Crippen LogP contribution in [0, 0.1) is 0 Å². The highest BCUT2D eigenvalue weighted by atomic mass is 16.5. The first-order valence-corrected chi connectivity index (χ1v) is 8.09. The molecule has 2 amide bonds. The molecule has 130 valence electrons. The zero-order chi connectivity index (χ0) is 18.0. The van der Waals surface area contributed by atoms with Crippen LogP contribution < -0.4 is 19.9 Å². The molecule has 2 aromatic rings. The van der Waals surface area contributed by atoms with Crippen molar-refractivity contribution < 1.29 is 14.3 Å². The molecule has 0 radical (unpaired) electrons. The molecule has 1 heterocycles. The summed E-state index contributed by atoms with van der Waals surface area (Å²) < 4.78 is 5.62. The van der Waals surface area contributed by atoms with Crippen molar-refractivity contribution in [2.24, 2.45) is 0 Å². The van der Waals surface area contributed by atoms with E-state index in [0.717, 1.165) is 11.4 Å². The molecule has 0 atom stereocenters. The van der Waals surface area contributed by atoms with Crippen molar-refractivity contribution in [1.29, 1.82) is 0 Å². The van der Waals surface area contributed by atoms with E-state index in [1.165, 1.54) is 6.92 Å². The number of ether oxygens (including phenoxy) is 1. The van der Waals surface area contributed by atoms with E-state index in [9.17, 15) is 9.59 Å². The third-order valence-corrected chi connectivity index (χ3v) is 4.11. The molecular formula is C19H21N3O3. The van der Waals surface area contributed by atoms with E-state index in [-0.39, 0.29) is 11.8 Å². The van der Waals surface area contributed by atoms with Crippen molar-refractivity contribution in [2.45, 2.75) is 6.92 Å². The van der Waals surface area contributed by atoms with Crippen LogP contribution in [-0.4, -0.2) is 39.1 Å². The molecule has 3 rings (SSSR count). The van der Waals surface area contributed by atoms with Gasteiger partial charge >= 0.3 is 0 Å². The summed E-state index contributed by atoms with van der Waals surface area (Å²) in [6, 6.07) is 12.7. The number of rotatable bonds is 3. The van der Waals surface area contributed by atoms with Gasteiger partial charge in [0.15, 0.2) is 0 Å². The van der Waals surface area contributed by atoms with E-state index in [1.54, 1.807) is 35.2 Å². The minimum Gasteiger partial charge on any atom is -0.489 e. The minimum atomic E-state index is -0.190. The molecule has 2 aromatic carbocycles. The predicted molar refractivity (Wildman–Crippen MR) is 98.7 cm³/mol. The van der Waals surface area contributed by atoms with Crippen molar-refractivity contribution in [3.8, 4) is 5.75 Å². The first kappa shape index (κ1) is 16.8. The van der Waals surface area contributed by atoms with Crippen molar-refractivity contribution in [1.82, 2.24) is 0 Å². The molecule has 25 heavy (non-hydrogen) atoms. The second kappa shape index (κ2) is 6.84. The maximum atomic E-state index is 12.4. The maximum Gasteiger partial charge on any atom is 0.255 e. The van der Waals surface area contributed by atoms with E-state index < -0.39 is 0 Å². The van der Waals surface area contributed by atoms with Gasteiger partial charge in [0, 0.05) is 44.0 Å². The molecular weight excluding hydrogens is 318 g/mol.